The molecule has 2 N–H and O–H groups in total. The summed E-state index contributed by atoms with van der Waals surface area (Å²) in [5.74, 6) is 1.94. The fourth-order valence-electron chi connectivity index (χ4n) is 4.11. The highest BCUT2D eigenvalue weighted by Crippen LogP contribution is 2.43. The summed E-state index contributed by atoms with van der Waals surface area (Å²) in [5.41, 5.74) is 10.2. The second kappa shape index (κ2) is 6.42. The molecule has 0 spiro atoms. The molecule has 146 valence electrons. The Balaban J connectivity index is 1.49. The van der Waals surface area contributed by atoms with E-state index in [9.17, 15) is 4.79 Å². The van der Waals surface area contributed by atoms with Gasteiger partial charge in [-0.2, -0.15) is 0 Å². The van der Waals surface area contributed by atoms with E-state index in [1.807, 2.05) is 84.9 Å². The van der Waals surface area contributed by atoms with Crippen LogP contribution in [0.1, 0.15) is 33.1 Å². The van der Waals surface area contributed by atoms with Crippen LogP contribution in [0.2, 0.25) is 0 Å². The molecule has 3 aromatic carbocycles. The number of hydroxylamine groups is 2. The van der Waals surface area contributed by atoms with Crippen molar-refractivity contribution in [3.8, 4) is 11.5 Å². The molecule has 0 radical (unpaired) electrons. The molecule has 3 aromatic rings. The molecule has 6 rings (SSSR count). The number of nitrogens with one attached hydrogen (secondary N) is 2. The summed E-state index contributed by atoms with van der Waals surface area (Å²) in [6.45, 7) is 0. The van der Waals surface area contributed by atoms with Crippen molar-refractivity contribution in [1.82, 2.24) is 15.9 Å². The van der Waals surface area contributed by atoms with E-state index in [1.54, 1.807) is 4.90 Å². The average Bonchev–Trinajstić information content (AvgIpc) is 3.11. The van der Waals surface area contributed by atoms with E-state index in [0.29, 0.717) is 17.1 Å². The van der Waals surface area contributed by atoms with E-state index in [-0.39, 0.29) is 11.9 Å². The smallest absolute Gasteiger partial charge is 0.260 e. The van der Waals surface area contributed by atoms with Crippen LogP contribution in [0, 0.1) is 0 Å². The Morgan fingerprint density at radius 2 is 1.37 bits per heavy atom. The molecule has 0 saturated heterocycles. The van der Waals surface area contributed by atoms with Gasteiger partial charge in [-0.05, 0) is 35.9 Å². The number of carbonyl (C=O) groups excluding carboxylic acids is 1. The minimum atomic E-state index is -0.380. The van der Waals surface area contributed by atoms with Gasteiger partial charge in [0.1, 0.15) is 11.9 Å². The van der Waals surface area contributed by atoms with E-state index in [4.69, 9.17) is 9.68 Å². The number of hydrogen-bond donors (Lipinski definition) is 2. The van der Waals surface area contributed by atoms with Crippen LogP contribution in [-0.2, 0) is 0 Å². The van der Waals surface area contributed by atoms with Gasteiger partial charge in [-0.25, -0.2) is 11.0 Å². The maximum absolute atomic E-state index is 13.4. The summed E-state index contributed by atoms with van der Waals surface area (Å²) < 4.78 is 0. The monoisotopic (exact) mass is 395 g/mol. The minimum Gasteiger partial charge on any atom is -0.382 e. The Kier molecular flexibility index (Phi) is 3.58. The SMILES string of the molecule is O=C1c2ccccc2C(C2=Cc3ccccc3ON2)N1C1=Cc2ccccc2ON1. The Morgan fingerprint density at radius 3 is 2.17 bits per heavy atom. The van der Waals surface area contributed by atoms with Crippen molar-refractivity contribution in [2.75, 3.05) is 0 Å². The van der Waals surface area contributed by atoms with E-state index in [2.05, 4.69) is 11.0 Å². The molecular weight excluding hydrogens is 378 g/mol. The van der Waals surface area contributed by atoms with Gasteiger partial charge in [-0.3, -0.25) is 9.69 Å². The highest BCUT2D eigenvalue weighted by Gasteiger charge is 2.42. The largest absolute Gasteiger partial charge is 0.382 e. The highest BCUT2D eigenvalue weighted by atomic mass is 16.7. The maximum atomic E-state index is 13.4. The number of para-hydroxylation sites is 2. The first-order valence-corrected chi connectivity index (χ1v) is 9.69. The zero-order chi connectivity index (χ0) is 20.1. The average molecular weight is 395 g/mol. The van der Waals surface area contributed by atoms with Crippen molar-refractivity contribution < 1.29 is 14.5 Å². The second-order valence-electron chi connectivity index (χ2n) is 7.28. The van der Waals surface area contributed by atoms with Crippen molar-refractivity contribution in [3.63, 3.8) is 0 Å². The Morgan fingerprint density at radius 1 is 0.733 bits per heavy atom. The molecule has 3 aliphatic heterocycles. The predicted molar refractivity (Wildman–Crippen MR) is 112 cm³/mol. The molecule has 30 heavy (non-hydrogen) atoms. The molecule has 0 aliphatic carbocycles. The quantitative estimate of drug-likeness (QED) is 0.686. The standard InChI is InChI=1S/C24H17N3O3/c28-24-18-10-4-3-9-17(18)23(19-13-15-7-1-5-11-20(15)29-25-19)27(24)22-14-16-8-2-6-12-21(16)30-26-22/h1-14,23,25-26H. The van der Waals surface area contributed by atoms with Crippen LogP contribution in [-0.4, -0.2) is 10.8 Å². The number of amides is 1. The minimum absolute atomic E-state index is 0.0983. The highest BCUT2D eigenvalue weighted by molar-refractivity contribution is 6.01. The van der Waals surface area contributed by atoms with Crippen LogP contribution in [0.5, 0.6) is 11.5 Å². The molecule has 0 fully saturated rings. The van der Waals surface area contributed by atoms with Crippen LogP contribution in [0.15, 0.2) is 84.3 Å². The van der Waals surface area contributed by atoms with Gasteiger partial charge in [-0.15, -0.1) is 0 Å². The van der Waals surface area contributed by atoms with Gasteiger partial charge in [0.15, 0.2) is 11.5 Å². The lowest BCUT2D eigenvalue weighted by molar-refractivity contribution is 0.0717. The van der Waals surface area contributed by atoms with Crippen LogP contribution in [0.4, 0.5) is 0 Å². The van der Waals surface area contributed by atoms with Crippen LogP contribution < -0.4 is 20.6 Å². The normalized spacial score (nSPS) is 18.5. The fourth-order valence-corrected chi connectivity index (χ4v) is 4.11. The third-order valence-electron chi connectivity index (χ3n) is 5.50. The number of rotatable bonds is 2. The van der Waals surface area contributed by atoms with Crippen molar-refractivity contribution in [2.45, 2.75) is 6.04 Å². The Labute approximate surface area is 172 Å². The predicted octanol–water partition coefficient (Wildman–Crippen LogP) is 4.02. The first-order chi connectivity index (χ1) is 14.8. The van der Waals surface area contributed by atoms with Crippen LogP contribution in [0.25, 0.3) is 12.2 Å². The lowest BCUT2D eigenvalue weighted by Gasteiger charge is -2.33. The molecule has 3 aliphatic rings. The second-order valence-corrected chi connectivity index (χ2v) is 7.28. The summed E-state index contributed by atoms with van der Waals surface area (Å²) in [4.78, 5) is 26.6. The van der Waals surface area contributed by atoms with Gasteiger partial charge in [0.2, 0.25) is 0 Å². The maximum Gasteiger partial charge on any atom is 0.260 e. The number of fused-ring (bicyclic) bond motifs is 3. The third kappa shape index (κ3) is 2.47. The van der Waals surface area contributed by atoms with Crippen molar-refractivity contribution in [3.05, 3.63) is 107 Å². The van der Waals surface area contributed by atoms with Crippen molar-refractivity contribution >= 4 is 18.1 Å². The molecule has 1 amide bonds. The summed E-state index contributed by atoms with van der Waals surface area (Å²) in [7, 11) is 0. The molecule has 0 bridgehead atoms. The number of hydrogen-bond acceptors (Lipinski definition) is 5. The summed E-state index contributed by atoms with van der Waals surface area (Å²) >= 11 is 0. The summed E-state index contributed by atoms with van der Waals surface area (Å²) in [6.07, 6.45) is 3.94. The van der Waals surface area contributed by atoms with Gasteiger partial charge in [0, 0.05) is 16.7 Å². The van der Waals surface area contributed by atoms with Gasteiger partial charge in [0.25, 0.3) is 5.91 Å². The first-order valence-electron chi connectivity index (χ1n) is 9.69. The topological polar surface area (TPSA) is 62.8 Å². The summed E-state index contributed by atoms with van der Waals surface area (Å²) in [5, 5.41) is 0. The fraction of sp³-hybridized carbons (Fsp3) is 0.0417. The molecular formula is C24H17N3O3. The number of nitrogens with zero attached hydrogens (tertiary/aromatic N) is 1. The third-order valence-corrected chi connectivity index (χ3v) is 5.50. The number of benzene rings is 3. The van der Waals surface area contributed by atoms with Crippen molar-refractivity contribution in [2.24, 2.45) is 0 Å². The first kappa shape index (κ1) is 16.7. The molecule has 0 saturated carbocycles. The van der Waals surface area contributed by atoms with Gasteiger partial charge >= 0.3 is 0 Å². The van der Waals surface area contributed by atoms with E-state index >= 15 is 0 Å². The Bertz CT molecular complexity index is 1250. The van der Waals surface area contributed by atoms with Crippen LogP contribution >= 0.6 is 0 Å². The van der Waals surface area contributed by atoms with Gasteiger partial charge in [0.05, 0.1) is 5.70 Å². The molecule has 1 unspecified atom stereocenters. The lowest BCUT2D eigenvalue weighted by atomic mass is 10.00. The van der Waals surface area contributed by atoms with Crippen LogP contribution in [0.3, 0.4) is 0 Å². The van der Waals surface area contributed by atoms with E-state index in [0.717, 1.165) is 28.1 Å². The zero-order valence-electron chi connectivity index (χ0n) is 15.8. The number of carbonyl (C=O) groups is 1. The molecule has 6 heteroatoms. The molecule has 3 heterocycles. The van der Waals surface area contributed by atoms with E-state index < -0.39 is 0 Å². The zero-order valence-corrected chi connectivity index (χ0v) is 15.8. The van der Waals surface area contributed by atoms with Gasteiger partial charge in [-0.1, -0.05) is 54.6 Å². The lowest BCUT2D eigenvalue weighted by Crippen LogP contribution is -2.40. The molecule has 1 atom stereocenters. The molecule has 0 aromatic heterocycles. The summed E-state index contributed by atoms with van der Waals surface area (Å²) in [6, 6.07) is 22.7. The van der Waals surface area contributed by atoms with E-state index in [1.165, 1.54) is 0 Å². The Hall–Kier alpha value is -4.19. The molecule has 6 nitrogen and oxygen atoms in total. The van der Waals surface area contributed by atoms with Crippen molar-refractivity contribution in [1.29, 1.82) is 0 Å². The van der Waals surface area contributed by atoms with Gasteiger partial charge < -0.3 is 9.68 Å².